The molecule has 0 fully saturated rings. The molecule has 21 heavy (non-hydrogen) atoms. The fraction of sp³-hybridized carbons (Fsp3) is 0.588. The molecule has 0 heterocycles. The van der Waals surface area contributed by atoms with Crippen molar-refractivity contribution in [2.75, 3.05) is 14.1 Å². The predicted octanol–water partition coefficient (Wildman–Crippen LogP) is 1.82. The maximum absolute atomic E-state index is 12.3. The molecule has 0 aromatic heterocycles. The number of rotatable bonds is 8. The molecule has 0 radical (unpaired) electrons. The van der Waals surface area contributed by atoms with Crippen molar-refractivity contribution in [3.8, 4) is 0 Å². The Hall–Kier alpha value is -1.39. The third-order valence-electron chi connectivity index (χ3n) is 3.72. The molecule has 0 bridgehead atoms. The van der Waals surface area contributed by atoms with Gasteiger partial charge in [-0.15, -0.1) is 0 Å². The maximum atomic E-state index is 12.3. The van der Waals surface area contributed by atoms with Gasteiger partial charge in [-0.05, 0) is 33.0 Å². The van der Waals surface area contributed by atoms with Crippen LogP contribution >= 0.6 is 0 Å². The van der Waals surface area contributed by atoms with Gasteiger partial charge in [-0.2, -0.15) is 0 Å². The van der Waals surface area contributed by atoms with Crippen LogP contribution in [0.25, 0.3) is 0 Å². The summed E-state index contributed by atoms with van der Waals surface area (Å²) in [5.41, 5.74) is 1.07. The van der Waals surface area contributed by atoms with Crippen LogP contribution in [0.4, 0.5) is 0 Å². The van der Waals surface area contributed by atoms with Crippen molar-refractivity contribution in [3.05, 3.63) is 35.9 Å². The zero-order valence-corrected chi connectivity index (χ0v) is 13.5. The number of carbonyl (C=O) groups excluding carboxylic acids is 1. The minimum absolute atomic E-state index is 0.0125. The molecule has 0 spiro atoms. The maximum Gasteiger partial charge on any atom is 0.237 e. The summed E-state index contributed by atoms with van der Waals surface area (Å²) in [6.45, 7) is 3.92. The molecule has 1 aromatic carbocycles. The third kappa shape index (κ3) is 5.86. The van der Waals surface area contributed by atoms with Gasteiger partial charge in [0, 0.05) is 6.42 Å². The molecule has 118 valence electrons. The van der Waals surface area contributed by atoms with Gasteiger partial charge in [0.1, 0.15) is 0 Å². The number of carbonyl (C=O) groups is 1. The van der Waals surface area contributed by atoms with Crippen molar-refractivity contribution in [1.82, 2.24) is 10.2 Å². The Morgan fingerprint density at radius 1 is 1.29 bits per heavy atom. The number of hydrogen-bond donors (Lipinski definition) is 2. The van der Waals surface area contributed by atoms with Gasteiger partial charge in [0.2, 0.25) is 5.91 Å². The van der Waals surface area contributed by atoms with E-state index in [1.54, 1.807) is 0 Å². The van der Waals surface area contributed by atoms with E-state index in [9.17, 15) is 9.90 Å². The highest BCUT2D eigenvalue weighted by Gasteiger charge is 2.23. The smallest absolute Gasteiger partial charge is 0.237 e. The molecule has 3 atom stereocenters. The van der Waals surface area contributed by atoms with Gasteiger partial charge < -0.3 is 10.4 Å². The van der Waals surface area contributed by atoms with Crippen LogP contribution in [0.5, 0.6) is 0 Å². The number of aliphatic hydroxyl groups excluding tert-OH is 1. The Morgan fingerprint density at radius 3 is 2.43 bits per heavy atom. The number of likely N-dealkylation sites (N-methyl/N-ethyl adjacent to an activating group) is 1. The molecule has 0 saturated carbocycles. The van der Waals surface area contributed by atoms with Crippen molar-refractivity contribution < 1.29 is 9.90 Å². The summed E-state index contributed by atoms with van der Waals surface area (Å²) in [4.78, 5) is 14.2. The van der Waals surface area contributed by atoms with Crippen LogP contribution in [-0.2, 0) is 11.2 Å². The summed E-state index contributed by atoms with van der Waals surface area (Å²) in [5, 5.41) is 13.2. The lowest BCUT2D eigenvalue weighted by atomic mass is 10.0. The van der Waals surface area contributed by atoms with E-state index < -0.39 is 6.10 Å². The fourth-order valence-corrected chi connectivity index (χ4v) is 2.35. The Kier molecular flexibility index (Phi) is 7.40. The van der Waals surface area contributed by atoms with Crippen molar-refractivity contribution in [2.24, 2.45) is 0 Å². The van der Waals surface area contributed by atoms with E-state index in [1.807, 2.05) is 56.3 Å². The topological polar surface area (TPSA) is 52.6 Å². The highest BCUT2D eigenvalue weighted by Crippen LogP contribution is 2.08. The minimum Gasteiger partial charge on any atom is -0.391 e. The first kappa shape index (κ1) is 17.7. The number of amides is 1. The molecule has 1 amide bonds. The van der Waals surface area contributed by atoms with Gasteiger partial charge >= 0.3 is 0 Å². The van der Waals surface area contributed by atoms with Gasteiger partial charge in [-0.1, -0.05) is 43.7 Å². The van der Waals surface area contributed by atoms with Gasteiger partial charge in [0.25, 0.3) is 0 Å². The molecule has 0 aliphatic heterocycles. The average Bonchev–Trinajstić information content (AvgIpc) is 2.45. The molecule has 1 aromatic rings. The summed E-state index contributed by atoms with van der Waals surface area (Å²) in [6, 6.07) is 9.42. The number of nitrogens with one attached hydrogen (secondary N) is 1. The molecule has 0 aliphatic carbocycles. The quantitative estimate of drug-likeness (QED) is 0.768. The van der Waals surface area contributed by atoms with E-state index in [-0.39, 0.29) is 18.0 Å². The summed E-state index contributed by atoms with van der Waals surface area (Å²) in [5.74, 6) is -0.0125. The number of nitrogens with zero attached hydrogens (tertiary/aromatic N) is 1. The summed E-state index contributed by atoms with van der Waals surface area (Å²) >= 11 is 0. The first-order valence-electron chi connectivity index (χ1n) is 7.64. The molecule has 4 heteroatoms. The van der Waals surface area contributed by atoms with Crippen LogP contribution in [0.2, 0.25) is 0 Å². The second kappa shape index (κ2) is 8.80. The van der Waals surface area contributed by atoms with Crippen LogP contribution < -0.4 is 5.32 Å². The predicted molar refractivity (Wildman–Crippen MR) is 86.1 cm³/mol. The highest BCUT2D eigenvalue weighted by molar-refractivity contribution is 5.81. The van der Waals surface area contributed by atoms with E-state index >= 15 is 0 Å². The molecule has 3 unspecified atom stereocenters. The largest absolute Gasteiger partial charge is 0.391 e. The lowest BCUT2D eigenvalue weighted by Gasteiger charge is -2.27. The zero-order chi connectivity index (χ0) is 15.8. The molecule has 2 N–H and O–H groups in total. The molecule has 0 saturated heterocycles. The lowest BCUT2D eigenvalue weighted by molar-refractivity contribution is -0.127. The van der Waals surface area contributed by atoms with Gasteiger partial charge in [0.05, 0.1) is 18.2 Å². The van der Waals surface area contributed by atoms with Crippen LogP contribution in [0, 0.1) is 0 Å². The standard InChI is InChI=1S/C17H28N2O2/c1-5-9-15(19(3)4)17(21)18-13(2)16(20)12-14-10-7-6-8-11-14/h6-8,10-11,13,15-16,20H,5,9,12H2,1-4H3,(H,18,21). The monoisotopic (exact) mass is 292 g/mol. The van der Waals surface area contributed by atoms with Crippen LogP contribution in [0.3, 0.4) is 0 Å². The van der Waals surface area contributed by atoms with Gasteiger partial charge in [-0.25, -0.2) is 0 Å². The van der Waals surface area contributed by atoms with Crippen LogP contribution in [0.1, 0.15) is 32.3 Å². The van der Waals surface area contributed by atoms with E-state index in [0.717, 1.165) is 18.4 Å². The van der Waals surface area contributed by atoms with Gasteiger partial charge in [0.15, 0.2) is 0 Å². The Balaban J connectivity index is 2.54. The summed E-state index contributed by atoms with van der Waals surface area (Å²) in [7, 11) is 3.82. The summed E-state index contributed by atoms with van der Waals surface area (Å²) in [6.07, 6.45) is 1.74. The number of hydrogen-bond acceptors (Lipinski definition) is 3. The molecular weight excluding hydrogens is 264 g/mol. The van der Waals surface area contributed by atoms with E-state index in [0.29, 0.717) is 6.42 Å². The van der Waals surface area contributed by atoms with Gasteiger partial charge in [-0.3, -0.25) is 9.69 Å². The SMILES string of the molecule is CCCC(C(=O)NC(C)C(O)Cc1ccccc1)N(C)C. The molecule has 1 rings (SSSR count). The van der Waals surface area contributed by atoms with Crippen molar-refractivity contribution >= 4 is 5.91 Å². The van der Waals surface area contributed by atoms with Crippen molar-refractivity contribution in [3.63, 3.8) is 0 Å². The number of benzene rings is 1. The molecule has 4 nitrogen and oxygen atoms in total. The first-order valence-corrected chi connectivity index (χ1v) is 7.64. The first-order chi connectivity index (χ1) is 9.95. The second-order valence-electron chi connectivity index (χ2n) is 5.82. The van der Waals surface area contributed by atoms with E-state index in [1.165, 1.54) is 0 Å². The average molecular weight is 292 g/mol. The lowest BCUT2D eigenvalue weighted by Crippen LogP contribution is -2.50. The van der Waals surface area contributed by atoms with Crippen LogP contribution in [0.15, 0.2) is 30.3 Å². The number of aliphatic hydroxyl groups is 1. The van der Waals surface area contributed by atoms with E-state index in [4.69, 9.17) is 0 Å². The minimum atomic E-state index is -0.583. The van der Waals surface area contributed by atoms with E-state index in [2.05, 4.69) is 12.2 Å². The Morgan fingerprint density at radius 2 is 1.90 bits per heavy atom. The second-order valence-corrected chi connectivity index (χ2v) is 5.82. The normalized spacial score (nSPS) is 15.5. The Labute approximate surface area is 128 Å². The highest BCUT2D eigenvalue weighted by atomic mass is 16.3. The van der Waals surface area contributed by atoms with Crippen LogP contribution in [-0.4, -0.2) is 48.2 Å². The molecular formula is C17H28N2O2. The fourth-order valence-electron chi connectivity index (χ4n) is 2.35. The van der Waals surface area contributed by atoms with Crippen molar-refractivity contribution in [1.29, 1.82) is 0 Å². The molecule has 0 aliphatic rings. The summed E-state index contributed by atoms with van der Waals surface area (Å²) < 4.78 is 0. The third-order valence-corrected chi connectivity index (χ3v) is 3.72. The zero-order valence-electron chi connectivity index (χ0n) is 13.5. The van der Waals surface area contributed by atoms with Crippen molar-refractivity contribution in [2.45, 2.75) is 51.3 Å². The Bertz CT molecular complexity index is 420.